The molecule has 0 amide bonds. The Morgan fingerprint density at radius 2 is 1.95 bits per heavy atom. The Bertz CT molecular complexity index is 614. The number of benzene rings is 2. The highest BCUT2D eigenvalue weighted by molar-refractivity contribution is 9.10. The quantitative estimate of drug-likeness (QED) is 0.532. The van der Waals surface area contributed by atoms with Gasteiger partial charge in [-0.2, -0.15) is 11.8 Å². The zero-order valence-electron chi connectivity index (χ0n) is 12.4. The zero-order valence-corrected chi connectivity index (χ0v) is 15.7. The lowest BCUT2D eigenvalue weighted by Crippen LogP contribution is -2.30. The van der Waals surface area contributed by atoms with Crippen LogP contribution in [0.1, 0.15) is 11.1 Å². The first kappa shape index (κ1) is 17.3. The van der Waals surface area contributed by atoms with Crippen LogP contribution >= 0.6 is 39.9 Å². The Balaban J connectivity index is 1.62. The molecule has 22 heavy (non-hydrogen) atoms. The van der Waals surface area contributed by atoms with Gasteiger partial charge in [-0.1, -0.05) is 45.8 Å². The number of aryl methyl sites for hydroxylation is 1. The Kier molecular flexibility index (Phi) is 7.22. The molecule has 0 spiro atoms. The summed E-state index contributed by atoms with van der Waals surface area (Å²) in [6.07, 6.45) is 0. The molecule has 2 aromatic carbocycles. The average Bonchev–Trinajstić information content (AvgIpc) is 2.49. The lowest BCUT2D eigenvalue weighted by molar-refractivity contribution is 0.990. The first-order valence-corrected chi connectivity index (χ1v) is 9.43. The topological polar surface area (TPSA) is 24.1 Å². The summed E-state index contributed by atoms with van der Waals surface area (Å²) in [7, 11) is 0. The number of hydrogen-bond acceptors (Lipinski definition) is 2. The first-order chi connectivity index (χ1) is 10.6. The number of thiocarbonyl (C=S) groups is 1. The molecular weight excluding hydrogens is 376 g/mol. The minimum absolute atomic E-state index is 0.665. The van der Waals surface area contributed by atoms with Gasteiger partial charge < -0.3 is 10.6 Å². The van der Waals surface area contributed by atoms with Crippen LogP contribution in [-0.4, -0.2) is 17.4 Å². The van der Waals surface area contributed by atoms with Crippen molar-refractivity contribution in [3.63, 3.8) is 0 Å². The fourth-order valence-corrected chi connectivity index (χ4v) is 3.23. The van der Waals surface area contributed by atoms with Crippen LogP contribution in [0, 0.1) is 6.92 Å². The van der Waals surface area contributed by atoms with Crippen molar-refractivity contribution in [3.05, 3.63) is 64.1 Å². The van der Waals surface area contributed by atoms with Gasteiger partial charge in [-0.25, -0.2) is 0 Å². The van der Waals surface area contributed by atoms with Gasteiger partial charge in [0.2, 0.25) is 0 Å². The molecule has 2 rings (SSSR count). The second kappa shape index (κ2) is 9.18. The highest BCUT2D eigenvalue weighted by Gasteiger charge is 1.98. The molecule has 0 unspecified atom stereocenters. The number of hydrogen-bond donors (Lipinski definition) is 2. The molecule has 0 aliphatic rings. The molecule has 0 saturated carbocycles. The summed E-state index contributed by atoms with van der Waals surface area (Å²) in [5, 5.41) is 7.07. The van der Waals surface area contributed by atoms with Crippen LogP contribution in [0.15, 0.2) is 53.0 Å². The monoisotopic (exact) mass is 394 g/mol. The largest absolute Gasteiger partial charge is 0.362 e. The van der Waals surface area contributed by atoms with Crippen molar-refractivity contribution in [1.82, 2.24) is 5.32 Å². The van der Waals surface area contributed by atoms with E-state index in [0.717, 1.165) is 28.2 Å². The number of halogens is 1. The van der Waals surface area contributed by atoms with E-state index in [1.165, 1.54) is 11.1 Å². The van der Waals surface area contributed by atoms with Crippen molar-refractivity contribution in [1.29, 1.82) is 0 Å². The van der Waals surface area contributed by atoms with Crippen molar-refractivity contribution in [2.45, 2.75) is 12.7 Å². The fraction of sp³-hybridized carbons (Fsp3) is 0.235. The van der Waals surface area contributed by atoms with Crippen molar-refractivity contribution < 1.29 is 0 Å². The number of rotatable bonds is 6. The zero-order chi connectivity index (χ0) is 15.8. The van der Waals surface area contributed by atoms with Crippen molar-refractivity contribution >= 4 is 50.7 Å². The average molecular weight is 395 g/mol. The molecule has 0 saturated heterocycles. The molecule has 2 nitrogen and oxygen atoms in total. The molecule has 2 aromatic rings. The maximum Gasteiger partial charge on any atom is 0.170 e. The SMILES string of the molecule is Cc1cccc(CSCCNC(=S)Nc2ccc(Br)cc2)c1. The first-order valence-electron chi connectivity index (χ1n) is 7.07. The van der Waals surface area contributed by atoms with Gasteiger partial charge in [0.15, 0.2) is 5.11 Å². The van der Waals surface area contributed by atoms with Crippen LogP contribution < -0.4 is 10.6 Å². The Morgan fingerprint density at radius 3 is 2.68 bits per heavy atom. The minimum atomic E-state index is 0.665. The van der Waals surface area contributed by atoms with Gasteiger partial charge in [0.1, 0.15) is 0 Å². The predicted molar refractivity (Wildman–Crippen MR) is 106 cm³/mol. The van der Waals surface area contributed by atoms with Crippen molar-refractivity contribution in [2.24, 2.45) is 0 Å². The molecule has 0 aliphatic carbocycles. The van der Waals surface area contributed by atoms with Gasteiger partial charge in [0.25, 0.3) is 0 Å². The summed E-state index contributed by atoms with van der Waals surface area (Å²) < 4.78 is 1.06. The van der Waals surface area contributed by atoms with Crippen molar-refractivity contribution in [3.8, 4) is 0 Å². The predicted octanol–water partition coefficient (Wildman–Crippen LogP) is 4.98. The Morgan fingerprint density at radius 1 is 1.18 bits per heavy atom. The molecule has 0 fully saturated rings. The summed E-state index contributed by atoms with van der Waals surface area (Å²) in [4.78, 5) is 0. The van der Waals surface area contributed by atoms with Gasteiger partial charge in [-0.3, -0.25) is 0 Å². The third kappa shape index (κ3) is 6.38. The molecule has 0 bridgehead atoms. The highest BCUT2D eigenvalue weighted by Crippen LogP contribution is 2.14. The van der Waals surface area contributed by atoms with Gasteiger partial charge in [0.05, 0.1) is 0 Å². The molecule has 0 atom stereocenters. The molecule has 0 heterocycles. The van der Waals surface area contributed by atoms with E-state index in [1.54, 1.807) is 0 Å². The third-order valence-electron chi connectivity index (χ3n) is 2.99. The summed E-state index contributed by atoms with van der Waals surface area (Å²) in [6, 6.07) is 16.6. The summed E-state index contributed by atoms with van der Waals surface area (Å²) in [6.45, 7) is 2.99. The van der Waals surface area contributed by atoms with Crippen LogP contribution in [0.5, 0.6) is 0 Å². The number of anilines is 1. The molecule has 0 aromatic heterocycles. The Labute approximate surface area is 150 Å². The van der Waals surface area contributed by atoms with Gasteiger partial charge >= 0.3 is 0 Å². The lowest BCUT2D eigenvalue weighted by Gasteiger charge is -2.10. The fourth-order valence-electron chi connectivity index (χ4n) is 1.94. The van der Waals surface area contributed by atoms with Crippen molar-refractivity contribution in [2.75, 3.05) is 17.6 Å². The molecule has 0 radical (unpaired) electrons. The van der Waals surface area contributed by atoms with Gasteiger partial charge in [-0.15, -0.1) is 0 Å². The minimum Gasteiger partial charge on any atom is -0.362 e. The summed E-state index contributed by atoms with van der Waals surface area (Å²) in [5.41, 5.74) is 3.68. The summed E-state index contributed by atoms with van der Waals surface area (Å²) in [5.74, 6) is 2.06. The highest BCUT2D eigenvalue weighted by atomic mass is 79.9. The molecule has 0 aliphatic heterocycles. The van der Waals surface area contributed by atoms with Crippen LogP contribution in [0.3, 0.4) is 0 Å². The van der Waals surface area contributed by atoms with E-state index in [4.69, 9.17) is 12.2 Å². The second-order valence-corrected chi connectivity index (χ2v) is 7.36. The third-order valence-corrected chi connectivity index (χ3v) is 4.79. The van der Waals surface area contributed by atoms with E-state index < -0.39 is 0 Å². The summed E-state index contributed by atoms with van der Waals surface area (Å²) >= 11 is 10.6. The van der Waals surface area contributed by atoms with E-state index in [2.05, 4.69) is 57.8 Å². The molecule has 116 valence electrons. The van der Waals surface area contributed by atoms with E-state index in [-0.39, 0.29) is 0 Å². The normalized spacial score (nSPS) is 10.3. The van der Waals surface area contributed by atoms with E-state index in [9.17, 15) is 0 Å². The molecule has 5 heteroatoms. The standard InChI is InChI=1S/C17H19BrN2S2/c1-13-3-2-4-14(11-13)12-22-10-9-19-17(21)20-16-7-5-15(18)6-8-16/h2-8,11H,9-10,12H2,1H3,(H2,19,20,21). The van der Waals surface area contributed by atoms with E-state index >= 15 is 0 Å². The van der Waals surface area contributed by atoms with E-state index in [0.29, 0.717) is 5.11 Å². The second-order valence-electron chi connectivity index (χ2n) is 4.93. The van der Waals surface area contributed by atoms with Crippen LogP contribution in [-0.2, 0) is 5.75 Å². The lowest BCUT2D eigenvalue weighted by atomic mass is 10.2. The molecule has 2 N–H and O–H groups in total. The van der Waals surface area contributed by atoms with E-state index in [1.807, 2.05) is 36.0 Å². The van der Waals surface area contributed by atoms with Crippen LogP contribution in [0.4, 0.5) is 5.69 Å². The smallest absolute Gasteiger partial charge is 0.170 e. The van der Waals surface area contributed by atoms with Gasteiger partial charge in [0, 0.05) is 28.2 Å². The van der Waals surface area contributed by atoms with Gasteiger partial charge in [-0.05, 0) is 49.0 Å². The molecular formula is C17H19BrN2S2. The Hall–Kier alpha value is -1.04. The number of thioether (sulfide) groups is 1. The number of nitrogens with one attached hydrogen (secondary N) is 2. The maximum atomic E-state index is 5.29. The maximum absolute atomic E-state index is 5.29. The van der Waals surface area contributed by atoms with Crippen LogP contribution in [0.25, 0.3) is 0 Å². The van der Waals surface area contributed by atoms with Crippen LogP contribution in [0.2, 0.25) is 0 Å².